The minimum Gasteiger partial charge on any atom is -0.495 e. The van der Waals surface area contributed by atoms with E-state index in [4.69, 9.17) is 14.2 Å². The van der Waals surface area contributed by atoms with E-state index in [1.165, 1.54) is 21.1 Å². The fraction of sp³-hybridized carbons (Fsp3) is 0.344. The molecular weight excluding hydrogens is 604 g/mol. The molecule has 2 amide bonds. The van der Waals surface area contributed by atoms with E-state index in [1.54, 1.807) is 66.7 Å². The third kappa shape index (κ3) is 6.60. The lowest BCUT2D eigenvalue weighted by atomic mass is 9.61. The van der Waals surface area contributed by atoms with Crippen molar-refractivity contribution in [2.24, 2.45) is 11.8 Å². The first-order valence-electron chi connectivity index (χ1n) is 13.7. The number of para-hydroxylation sites is 4. The average Bonchev–Trinajstić information content (AvgIpc) is 2.96. The monoisotopic (exact) mass is 638 g/mol. The third-order valence-electron chi connectivity index (χ3n) is 7.35. The molecule has 1 aliphatic carbocycles. The van der Waals surface area contributed by atoms with Crippen LogP contribution < -0.4 is 24.8 Å². The zero-order chi connectivity index (χ0) is 30.4. The second-order valence-corrected chi connectivity index (χ2v) is 11.3. The van der Waals surface area contributed by atoms with E-state index in [9.17, 15) is 19.5 Å². The van der Waals surface area contributed by atoms with Crippen molar-refractivity contribution in [2.75, 3.05) is 31.5 Å². The normalized spacial score (nSPS) is 21.8. The Morgan fingerprint density at radius 1 is 0.929 bits per heavy atom. The van der Waals surface area contributed by atoms with Crippen LogP contribution in [0.15, 0.2) is 71.2 Å². The lowest BCUT2D eigenvalue weighted by Gasteiger charge is -2.44. The highest BCUT2D eigenvalue weighted by atomic mass is 79.9. The van der Waals surface area contributed by atoms with Gasteiger partial charge in [-0.1, -0.05) is 47.1 Å². The Hall–Kier alpha value is -3.89. The number of carbonyl (C=O) groups excluding carboxylic acids is 3. The number of benzene rings is 3. The number of halogens is 1. The maximum absolute atomic E-state index is 14.1. The van der Waals surface area contributed by atoms with Crippen molar-refractivity contribution in [3.05, 3.63) is 76.8 Å². The number of Topliss-reactive ketones (excluding diaryl/α,β-unsaturated/α-hetero) is 1. The van der Waals surface area contributed by atoms with Gasteiger partial charge in [-0.3, -0.25) is 14.4 Å². The van der Waals surface area contributed by atoms with Gasteiger partial charge in [0.15, 0.2) is 0 Å². The maximum Gasteiger partial charge on any atom is 0.235 e. The molecule has 0 bridgehead atoms. The Labute approximate surface area is 253 Å². The van der Waals surface area contributed by atoms with Gasteiger partial charge in [-0.2, -0.15) is 0 Å². The molecular formula is C32H35BrN2O7. The molecule has 4 unspecified atom stereocenters. The van der Waals surface area contributed by atoms with Crippen LogP contribution >= 0.6 is 15.9 Å². The van der Waals surface area contributed by atoms with E-state index in [-0.39, 0.29) is 0 Å². The maximum atomic E-state index is 14.1. The van der Waals surface area contributed by atoms with Gasteiger partial charge in [-0.25, -0.2) is 0 Å². The van der Waals surface area contributed by atoms with Crippen molar-refractivity contribution in [3.8, 4) is 17.2 Å². The van der Waals surface area contributed by atoms with Gasteiger partial charge < -0.3 is 30.0 Å². The topological polar surface area (TPSA) is 123 Å². The number of ether oxygens (including phenoxy) is 3. The predicted octanol–water partition coefficient (Wildman–Crippen LogP) is 5.57. The number of rotatable bonds is 10. The third-order valence-corrected chi connectivity index (χ3v) is 7.85. The molecule has 0 saturated heterocycles. The van der Waals surface area contributed by atoms with Crippen molar-refractivity contribution >= 4 is 44.9 Å². The molecule has 0 radical (unpaired) electrons. The Balaban J connectivity index is 1.86. The van der Waals surface area contributed by atoms with Gasteiger partial charge in [0.1, 0.15) is 28.9 Å². The molecule has 222 valence electrons. The Morgan fingerprint density at radius 2 is 1.50 bits per heavy atom. The second kappa shape index (κ2) is 13.4. The van der Waals surface area contributed by atoms with Crippen LogP contribution in [0, 0.1) is 11.8 Å². The number of methoxy groups -OCH3 is 2. The summed E-state index contributed by atoms with van der Waals surface area (Å²) < 4.78 is 17.5. The molecule has 4 atom stereocenters. The largest absolute Gasteiger partial charge is 0.495 e. The van der Waals surface area contributed by atoms with E-state index >= 15 is 0 Å². The number of hydrogen-bond donors (Lipinski definition) is 3. The molecule has 4 rings (SSSR count). The first kappa shape index (κ1) is 31.1. The van der Waals surface area contributed by atoms with E-state index in [1.807, 2.05) is 6.92 Å². The Morgan fingerprint density at radius 3 is 2.07 bits per heavy atom. The van der Waals surface area contributed by atoms with E-state index in [0.29, 0.717) is 51.7 Å². The average molecular weight is 640 g/mol. The van der Waals surface area contributed by atoms with Crippen molar-refractivity contribution in [3.63, 3.8) is 0 Å². The Kier molecular flexibility index (Phi) is 9.90. The van der Waals surface area contributed by atoms with Gasteiger partial charge in [0.2, 0.25) is 11.8 Å². The molecule has 42 heavy (non-hydrogen) atoms. The molecule has 1 aliphatic rings. The fourth-order valence-electron chi connectivity index (χ4n) is 5.51. The van der Waals surface area contributed by atoms with E-state index in [2.05, 4.69) is 26.6 Å². The molecule has 3 N–H and O–H groups in total. The van der Waals surface area contributed by atoms with Crippen molar-refractivity contribution in [2.45, 2.75) is 38.2 Å². The van der Waals surface area contributed by atoms with Gasteiger partial charge >= 0.3 is 0 Å². The highest BCUT2D eigenvalue weighted by Gasteiger charge is 2.56. The van der Waals surface area contributed by atoms with Gasteiger partial charge in [0, 0.05) is 22.4 Å². The standard InChI is InChI=1S/C32H35BrN2O7/c1-5-16-42-24-15-14-19(33)17-20(24)27-28(30(37)34-21-10-6-8-12-25(21)40-3)23(36)18-32(2,39)29(27)31(38)35-22-11-7-9-13-26(22)41-4/h6-15,17,27-29,39H,5,16,18H2,1-4H3,(H,34,37)(H,35,38). The minimum atomic E-state index is -1.79. The molecule has 1 saturated carbocycles. The zero-order valence-electron chi connectivity index (χ0n) is 24.0. The molecule has 0 aliphatic heterocycles. The van der Waals surface area contributed by atoms with E-state index < -0.39 is 47.4 Å². The number of carbonyl (C=O) groups is 3. The summed E-state index contributed by atoms with van der Waals surface area (Å²) in [5.74, 6) is -4.09. The molecule has 1 fully saturated rings. The number of ketones is 1. The van der Waals surface area contributed by atoms with Crippen molar-refractivity contribution in [1.29, 1.82) is 0 Å². The highest BCUT2D eigenvalue weighted by Crippen LogP contribution is 2.49. The SMILES string of the molecule is CCCOc1ccc(Br)cc1C1C(C(=O)Nc2ccccc2OC)C(=O)CC(C)(O)C1C(=O)Nc1ccccc1OC. The molecule has 10 heteroatoms. The smallest absolute Gasteiger partial charge is 0.235 e. The molecule has 0 spiro atoms. The summed E-state index contributed by atoms with van der Waals surface area (Å²) in [5, 5.41) is 17.4. The lowest BCUT2D eigenvalue weighted by molar-refractivity contribution is -0.150. The molecule has 3 aromatic rings. The number of anilines is 2. The Bertz CT molecular complexity index is 1460. The lowest BCUT2D eigenvalue weighted by Crippen LogP contribution is -2.56. The molecule has 0 heterocycles. The molecule has 0 aromatic heterocycles. The van der Waals surface area contributed by atoms with Crippen molar-refractivity contribution in [1.82, 2.24) is 0 Å². The van der Waals surface area contributed by atoms with Crippen LogP contribution in [0.1, 0.15) is 38.2 Å². The van der Waals surface area contributed by atoms with Gasteiger partial charge in [-0.15, -0.1) is 0 Å². The van der Waals surface area contributed by atoms with Crippen LogP contribution in [-0.2, 0) is 14.4 Å². The summed E-state index contributed by atoms with van der Waals surface area (Å²) >= 11 is 3.50. The number of nitrogens with one attached hydrogen (secondary N) is 2. The number of amides is 2. The predicted molar refractivity (Wildman–Crippen MR) is 163 cm³/mol. The number of hydrogen-bond acceptors (Lipinski definition) is 7. The quantitative estimate of drug-likeness (QED) is 0.248. The summed E-state index contributed by atoms with van der Waals surface area (Å²) in [6.07, 6.45) is 0.308. The van der Waals surface area contributed by atoms with Crippen molar-refractivity contribution < 1.29 is 33.7 Å². The summed E-state index contributed by atoms with van der Waals surface area (Å²) in [6, 6.07) is 19.0. The van der Waals surface area contributed by atoms with Gasteiger partial charge in [0.05, 0.1) is 43.7 Å². The van der Waals surface area contributed by atoms with Crippen LogP contribution in [0.2, 0.25) is 0 Å². The van der Waals surface area contributed by atoms with Crippen LogP contribution in [0.4, 0.5) is 11.4 Å². The van der Waals surface area contributed by atoms with Crippen LogP contribution in [0.3, 0.4) is 0 Å². The molecule has 9 nitrogen and oxygen atoms in total. The van der Waals surface area contributed by atoms with E-state index in [0.717, 1.165) is 0 Å². The van der Waals surface area contributed by atoms with Crippen LogP contribution in [0.5, 0.6) is 17.2 Å². The first-order valence-corrected chi connectivity index (χ1v) is 14.5. The zero-order valence-corrected chi connectivity index (χ0v) is 25.6. The first-order chi connectivity index (χ1) is 20.1. The summed E-state index contributed by atoms with van der Waals surface area (Å²) in [6.45, 7) is 3.78. The summed E-state index contributed by atoms with van der Waals surface area (Å²) in [5.41, 5.74) is -0.574. The van der Waals surface area contributed by atoms with Gasteiger partial charge in [-0.05, 0) is 55.8 Å². The highest BCUT2D eigenvalue weighted by molar-refractivity contribution is 9.10. The summed E-state index contributed by atoms with van der Waals surface area (Å²) in [7, 11) is 2.97. The molecule has 3 aromatic carbocycles. The van der Waals surface area contributed by atoms with Crippen LogP contribution in [-0.4, -0.2) is 49.1 Å². The number of aliphatic hydroxyl groups is 1. The van der Waals surface area contributed by atoms with Crippen LogP contribution in [0.25, 0.3) is 0 Å². The minimum absolute atomic E-state index is 0.376. The summed E-state index contributed by atoms with van der Waals surface area (Å²) in [4.78, 5) is 41.9. The fourth-order valence-corrected chi connectivity index (χ4v) is 5.88. The second-order valence-electron chi connectivity index (χ2n) is 10.4. The van der Waals surface area contributed by atoms with Gasteiger partial charge in [0.25, 0.3) is 0 Å².